The van der Waals surface area contributed by atoms with Crippen LogP contribution in [0.2, 0.25) is 0 Å². The fraction of sp³-hybridized carbons (Fsp3) is 0.318. The Morgan fingerprint density at radius 2 is 1.90 bits per heavy atom. The van der Waals surface area contributed by atoms with Crippen LogP contribution < -0.4 is 10.9 Å². The lowest BCUT2D eigenvalue weighted by molar-refractivity contribution is -0.119. The SMILES string of the molecule is COCCCn1c(SCC(=O)N[C@@H](C)c2ccccc2)nc2ccccc2c1=O. The van der Waals surface area contributed by atoms with E-state index < -0.39 is 0 Å². The molecule has 0 unspecified atom stereocenters. The number of thioether (sulfide) groups is 1. The molecule has 29 heavy (non-hydrogen) atoms. The topological polar surface area (TPSA) is 73.2 Å². The van der Waals surface area contributed by atoms with Crippen molar-refractivity contribution in [3.8, 4) is 0 Å². The van der Waals surface area contributed by atoms with Gasteiger partial charge in [0.15, 0.2) is 5.16 Å². The average molecular weight is 412 g/mol. The van der Waals surface area contributed by atoms with Crippen LogP contribution in [0.3, 0.4) is 0 Å². The molecule has 1 atom stereocenters. The predicted molar refractivity (Wildman–Crippen MR) is 116 cm³/mol. The summed E-state index contributed by atoms with van der Waals surface area (Å²) in [4.78, 5) is 30.0. The van der Waals surface area contributed by atoms with E-state index in [0.717, 1.165) is 5.56 Å². The maximum Gasteiger partial charge on any atom is 0.262 e. The van der Waals surface area contributed by atoms with Crippen LogP contribution in [0.25, 0.3) is 10.9 Å². The summed E-state index contributed by atoms with van der Waals surface area (Å²) < 4.78 is 6.75. The second-order valence-electron chi connectivity index (χ2n) is 6.70. The van der Waals surface area contributed by atoms with Crippen LogP contribution in [0.4, 0.5) is 0 Å². The van der Waals surface area contributed by atoms with Crippen LogP contribution >= 0.6 is 11.8 Å². The van der Waals surface area contributed by atoms with E-state index in [2.05, 4.69) is 10.3 Å². The molecule has 152 valence electrons. The molecule has 6 nitrogen and oxygen atoms in total. The van der Waals surface area contributed by atoms with Gasteiger partial charge in [-0.05, 0) is 31.0 Å². The van der Waals surface area contributed by atoms with Gasteiger partial charge in [0.2, 0.25) is 5.91 Å². The number of carbonyl (C=O) groups excluding carboxylic acids is 1. The van der Waals surface area contributed by atoms with Crippen molar-refractivity contribution in [2.75, 3.05) is 19.5 Å². The summed E-state index contributed by atoms with van der Waals surface area (Å²) in [5, 5.41) is 4.12. The molecule has 1 N–H and O–H groups in total. The third-order valence-corrected chi connectivity index (χ3v) is 5.54. The molecule has 0 saturated carbocycles. The van der Waals surface area contributed by atoms with Gasteiger partial charge in [0.05, 0.1) is 22.7 Å². The first kappa shape index (κ1) is 21.1. The number of nitrogens with one attached hydrogen (secondary N) is 1. The molecule has 1 heterocycles. The number of hydrogen-bond donors (Lipinski definition) is 1. The number of methoxy groups -OCH3 is 1. The summed E-state index contributed by atoms with van der Waals surface area (Å²) in [6.45, 7) is 3.00. The van der Waals surface area contributed by atoms with Gasteiger partial charge >= 0.3 is 0 Å². The first-order valence-electron chi connectivity index (χ1n) is 9.55. The smallest absolute Gasteiger partial charge is 0.262 e. The first-order chi connectivity index (χ1) is 14.1. The largest absolute Gasteiger partial charge is 0.385 e. The van der Waals surface area contributed by atoms with Gasteiger partial charge in [0.25, 0.3) is 5.56 Å². The standard InChI is InChI=1S/C22H25N3O3S/c1-16(17-9-4-3-5-10-17)23-20(26)15-29-22-24-19-12-7-6-11-18(19)21(27)25(22)13-8-14-28-2/h3-7,9-12,16H,8,13-15H2,1-2H3,(H,23,26)/t16-/m0/s1. The molecule has 3 rings (SSSR count). The fourth-order valence-corrected chi connectivity index (χ4v) is 3.90. The third-order valence-electron chi connectivity index (χ3n) is 4.57. The fourth-order valence-electron chi connectivity index (χ4n) is 3.06. The Labute approximate surface area is 174 Å². The molecule has 0 radical (unpaired) electrons. The highest BCUT2D eigenvalue weighted by Crippen LogP contribution is 2.19. The summed E-state index contributed by atoms with van der Waals surface area (Å²) in [6.07, 6.45) is 0.696. The molecule has 0 aliphatic rings. The van der Waals surface area contributed by atoms with Gasteiger partial charge in [-0.1, -0.05) is 54.2 Å². The number of hydrogen-bond acceptors (Lipinski definition) is 5. The van der Waals surface area contributed by atoms with Gasteiger partial charge in [-0.15, -0.1) is 0 Å². The molecule has 0 fully saturated rings. The number of fused-ring (bicyclic) bond motifs is 1. The van der Waals surface area contributed by atoms with Gasteiger partial charge in [0.1, 0.15) is 0 Å². The molecular formula is C22H25N3O3S. The van der Waals surface area contributed by atoms with Crippen molar-refractivity contribution < 1.29 is 9.53 Å². The molecule has 0 aliphatic heterocycles. The monoisotopic (exact) mass is 411 g/mol. The normalized spacial score (nSPS) is 12.1. The van der Waals surface area contributed by atoms with Crippen molar-refractivity contribution in [2.45, 2.75) is 31.1 Å². The van der Waals surface area contributed by atoms with Crippen LogP contribution in [0.5, 0.6) is 0 Å². The van der Waals surface area contributed by atoms with Gasteiger partial charge in [0, 0.05) is 20.3 Å². The molecule has 7 heteroatoms. The van der Waals surface area contributed by atoms with Crippen molar-refractivity contribution in [2.24, 2.45) is 0 Å². The predicted octanol–water partition coefficient (Wildman–Crippen LogP) is 3.40. The zero-order chi connectivity index (χ0) is 20.6. The molecule has 0 spiro atoms. The Hall–Kier alpha value is -2.64. The molecule has 2 aromatic carbocycles. The highest BCUT2D eigenvalue weighted by atomic mass is 32.2. The van der Waals surface area contributed by atoms with Gasteiger partial charge in [-0.2, -0.15) is 0 Å². The maximum absolute atomic E-state index is 12.9. The van der Waals surface area contributed by atoms with E-state index in [4.69, 9.17) is 4.74 Å². The Bertz CT molecular complexity index is 1020. The van der Waals surface area contributed by atoms with Crippen LogP contribution in [0.1, 0.15) is 24.9 Å². The summed E-state index contributed by atoms with van der Waals surface area (Å²) in [7, 11) is 1.63. The van der Waals surface area contributed by atoms with Crippen LogP contribution in [0.15, 0.2) is 64.5 Å². The Balaban J connectivity index is 1.75. The second kappa shape index (κ2) is 10.2. The summed E-state index contributed by atoms with van der Waals surface area (Å²) >= 11 is 1.28. The van der Waals surface area contributed by atoms with E-state index in [1.807, 2.05) is 55.5 Å². The van der Waals surface area contributed by atoms with E-state index in [1.54, 1.807) is 17.7 Å². The second-order valence-corrected chi connectivity index (χ2v) is 7.65. The lowest BCUT2D eigenvalue weighted by Gasteiger charge is -2.15. The van der Waals surface area contributed by atoms with Gasteiger partial charge in [-0.3, -0.25) is 14.2 Å². The molecule has 0 bridgehead atoms. The minimum atomic E-state index is -0.0998. The zero-order valence-electron chi connectivity index (χ0n) is 16.6. The van der Waals surface area contributed by atoms with E-state index in [-0.39, 0.29) is 23.3 Å². The van der Waals surface area contributed by atoms with E-state index in [1.165, 1.54) is 11.8 Å². The van der Waals surface area contributed by atoms with E-state index in [0.29, 0.717) is 35.6 Å². The van der Waals surface area contributed by atoms with Crippen molar-refractivity contribution in [1.82, 2.24) is 14.9 Å². The number of nitrogens with zero attached hydrogens (tertiary/aromatic N) is 2. The van der Waals surface area contributed by atoms with Crippen LogP contribution in [0, 0.1) is 0 Å². The van der Waals surface area contributed by atoms with Gasteiger partial charge in [-0.25, -0.2) is 4.98 Å². The van der Waals surface area contributed by atoms with E-state index in [9.17, 15) is 9.59 Å². The minimum Gasteiger partial charge on any atom is -0.385 e. The number of para-hydroxylation sites is 1. The number of ether oxygens (including phenoxy) is 1. The molecule has 1 amide bonds. The summed E-state index contributed by atoms with van der Waals surface area (Å²) in [5.74, 6) is 0.0869. The van der Waals surface area contributed by atoms with Crippen molar-refractivity contribution in [1.29, 1.82) is 0 Å². The summed E-state index contributed by atoms with van der Waals surface area (Å²) in [6, 6.07) is 17.0. The van der Waals surface area contributed by atoms with E-state index >= 15 is 0 Å². The zero-order valence-corrected chi connectivity index (χ0v) is 17.4. The van der Waals surface area contributed by atoms with Crippen molar-refractivity contribution in [3.05, 3.63) is 70.5 Å². The van der Waals surface area contributed by atoms with Crippen LogP contribution in [-0.2, 0) is 16.1 Å². The van der Waals surface area contributed by atoms with Crippen molar-refractivity contribution >= 4 is 28.6 Å². The van der Waals surface area contributed by atoms with Crippen molar-refractivity contribution in [3.63, 3.8) is 0 Å². The lowest BCUT2D eigenvalue weighted by Crippen LogP contribution is -2.29. The number of rotatable bonds is 9. The average Bonchev–Trinajstić information content (AvgIpc) is 2.74. The molecule has 0 saturated heterocycles. The number of amides is 1. The highest BCUT2D eigenvalue weighted by molar-refractivity contribution is 7.99. The van der Waals surface area contributed by atoms with Gasteiger partial charge < -0.3 is 10.1 Å². The minimum absolute atomic E-state index is 0.0854. The number of carbonyl (C=O) groups is 1. The maximum atomic E-state index is 12.9. The third kappa shape index (κ3) is 5.46. The molecule has 0 aliphatic carbocycles. The Morgan fingerprint density at radius 3 is 2.66 bits per heavy atom. The number of benzene rings is 2. The summed E-state index contributed by atoms with van der Waals surface area (Å²) in [5.41, 5.74) is 1.60. The Kier molecular flexibility index (Phi) is 7.43. The molecule has 3 aromatic rings. The van der Waals surface area contributed by atoms with Crippen LogP contribution in [-0.4, -0.2) is 34.9 Å². The Morgan fingerprint density at radius 1 is 1.17 bits per heavy atom. The number of aromatic nitrogens is 2. The first-order valence-corrected chi connectivity index (χ1v) is 10.5. The quantitative estimate of drug-likeness (QED) is 0.332. The highest BCUT2D eigenvalue weighted by Gasteiger charge is 2.14. The lowest BCUT2D eigenvalue weighted by atomic mass is 10.1. The molecular weight excluding hydrogens is 386 g/mol. The molecule has 1 aromatic heterocycles.